The first-order valence-corrected chi connectivity index (χ1v) is 5.75. The summed E-state index contributed by atoms with van der Waals surface area (Å²) in [4.78, 5) is 0. The van der Waals surface area contributed by atoms with Crippen molar-refractivity contribution in [3.63, 3.8) is 0 Å². The monoisotopic (exact) mass is 231 g/mol. The van der Waals surface area contributed by atoms with Gasteiger partial charge in [0, 0.05) is 12.6 Å². The second-order valence-corrected chi connectivity index (χ2v) is 4.31. The van der Waals surface area contributed by atoms with Gasteiger partial charge < -0.3 is 5.32 Å². The van der Waals surface area contributed by atoms with Crippen LogP contribution >= 0.6 is 0 Å². The molecule has 1 atom stereocenters. The van der Waals surface area contributed by atoms with Crippen LogP contribution in [0.15, 0.2) is 28.9 Å². The zero-order chi connectivity index (χ0) is 12.3. The number of nitrogens with zero attached hydrogens (tertiary/aromatic N) is 2. The SMILES string of the molecule is Cc1cccc([C@H](C)NCc2nonc2C)c1. The lowest BCUT2D eigenvalue weighted by Crippen LogP contribution is -2.18. The van der Waals surface area contributed by atoms with Crippen molar-refractivity contribution in [2.75, 3.05) is 0 Å². The van der Waals surface area contributed by atoms with Crippen LogP contribution < -0.4 is 5.32 Å². The molecule has 0 spiro atoms. The van der Waals surface area contributed by atoms with Crippen LogP contribution in [0.3, 0.4) is 0 Å². The van der Waals surface area contributed by atoms with Crippen molar-refractivity contribution in [3.05, 3.63) is 46.8 Å². The molecule has 0 aliphatic rings. The van der Waals surface area contributed by atoms with Crippen LogP contribution in [0, 0.1) is 13.8 Å². The molecule has 1 N–H and O–H groups in total. The van der Waals surface area contributed by atoms with Crippen LogP contribution in [0.4, 0.5) is 0 Å². The number of aryl methyl sites for hydroxylation is 2. The van der Waals surface area contributed by atoms with Gasteiger partial charge in [-0.3, -0.25) is 0 Å². The Morgan fingerprint density at radius 3 is 2.76 bits per heavy atom. The van der Waals surface area contributed by atoms with E-state index in [-0.39, 0.29) is 6.04 Å². The molecule has 0 unspecified atom stereocenters. The molecule has 0 radical (unpaired) electrons. The Balaban J connectivity index is 1.98. The van der Waals surface area contributed by atoms with Crippen molar-refractivity contribution in [1.29, 1.82) is 0 Å². The molecule has 0 aliphatic heterocycles. The molecule has 4 nitrogen and oxygen atoms in total. The van der Waals surface area contributed by atoms with Crippen LogP contribution in [-0.2, 0) is 6.54 Å². The van der Waals surface area contributed by atoms with Crippen molar-refractivity contribution >= 4 is 0 Å². The first kappa shape index (κ1) is 11.8. The quantitative estimate of drug-likeness (QED) is 0.878. The Hall–Kier alpha value is -1.68. The van der Waals surface area contributed by atoms with Crippen LogP contribution in [0.25, 0.3) is 0 Å². The molecule has 0 amide bonds. The van der Waals surface area contributed by atoms with E-state index in [4.69, 9.17) is 0 Å². The van der Waals surface area contributed by atoms with Gasteiger partial charge >= 0.3 is 0 Å². The summed E-state index contributed by atoms with van der Waals surface area (Å²) in [7, 11) is 0. The van der Waals surface area contributed by atoms with E-state index in [1.807, 2.05) is 6.92 Å². The summed E-state index contributed by atoms with van der Waals surface area (Å²) in [5, 5.41) is 11.0. The predicted molar refractivity (Wildman–Crippen MR) is 65.5 cm³/mol. The molecule has 90 valence electrons. The lowest BCUT2D eigenvalue weighted by Gasteiger charge is -2.13. The minimum atomic E-state index is 0.283. The van der Waals surface area contributed by atoms with Gasteiger partial charge in [-0.15, -0.1) is 0 Å². The summed E-state index contributed by atoms with van der Waals surface area (Å²) >= 11 is 0. The van der Waals surface area contributed by atoms with Crippen LogP contribution in [-0.4, -0.2) is 10.3 Å². The standard InChI is InChI=1S/C13H17N3O/c1-9-5-4-6-12(7-9)10(2)14-8-13-11(3)15-17-16-13/h4-7,10,14H,8H2,1-3H3/t10-/m0/s1. The average Bonchev–Trinajstić information content (AvgIpc) is 2.72. The minimum Gasteiger partial charge on any atom is -0.304 e. The molecule has 1 heterocycles. The van der Waals surface area contributed by atoms with Gasteiger partial charge in [-0.05, 0) is 26.3 Å². The summed E-state index contributed by atoms with van der Waals surface area (Å²) in [5.41, 5.74) is 4.26. The Morgan fingerprint density at radius 2 is 2.12 bits per heavy atom. The number of rotatable bonds is 4. The number of hydrogen-bond acceptors (Lipinski definition) is 4. The third-order valence-electron chi connectivity index (χ3n) is 2.86. The fourth-order valence-corrected chi connectivity index (χ4v) is 1.72. The van der Waals surface area contributed by atoms with Crippen molar-refractivity contribution in [1.82, 2.24) is 15.6 Å². The van der Waals surface area contributed by atoms with Gasteiger partial charge in [0.15, 0.2) is 0 Å². The maximum absolute atomic E-state index is 4.66. The largest absolute Gasteiger partial charge is 0.304 e. The molecule has 4 heteroatoms. The van der Waals surface area contributed by atoms with Crippen molar-refractivity contribution < 1.29 is 4.63 Å². The summed E-state index contributed by atoms with van der Waals surface area (Å²) < 4.78 is 4.66. The third-order valence-corrected chi connectivity index (χ3v) is 2.86. The first-order valence-electron chi connectivity index (χ1n) is 5.75. The van der Waals surface area contributed by atoms with Gasteiger partial charge in [0.25, 0.3) is 0 Å². The molecule has 2 aromatic rings. The van der Waals surface area contributed by atoms with E-state index in [2.05, 4.69) is 58.4 Å². The number of benzene rings is 1. The van der Waals surface area contributed by atoms with Gasteiger partial charge in [-0.2, -0.15) is 0 Å². The highest BCUT2D eigenvalue weighted by molar-refractivity contribution is 5.24. The second kappa shape index (κ2) is 5.10. The number of nitrogens with one attached hydrogen (secondary N) is 1. The molecular formula is C13H17N3O. The van der Waals surface area contributed by atoms with Crippen molar-refractivity contribution in [2.45, 2.75) is 33.4 Å². The highest BCUT2D eigenvalue weighted by Gasteiger charge is 2.08. The van der Waals surface area contributed by atoms with E-state index in [1.165, 1.54) is 11.1 Å². The maximum Gasteiger partial charge on any atom is 0.121 e. The zero-order valence-electron chi connectivity index (χ0n) is 10.4. The van der Waals surface area contributed by atoms with E-state index in [1.54, 1.807) is 0 Å². The van der Waals surface area contributed by atoms with E-state index in [9.17, 15) is 0 Å². The lowest BCUT2D eigenvalue weighted by molar-refractivity contribution is 0.300. The summed E-state index contributed by atoms with van der Waals surface area (Å²) in [6, 6.07) is 8.77. The fraction of sp³-hybridized carbons (Fsp3) is 0.385. The lowest BCUT2D eigenvalue weighted by atomic mass is 10.1. The molecule has 17 heavy (non-hydrogen) atoms. The molecule has 1 aromatic carbocycles. The second-order valence-electron chi connectivity index (χ2n) is 4.31. The third kappa shape index (κ3) is 2.91. The van der Waals surface area contributed by atoms with Crippen LogP contribution in [0.5, 0.6) is 0 Å². The Kier molecular flexibility index (Phi) is 3.54. The minimum absolute atomic E-state index is 0.283. The molecule has 0 saturated heterocycles. The number of aromatic nitrogens is 2. The van der Waals surface area contributed by atoms with Crippen LogP contribution in [0.2, 0.25) is 0 Å². The Bertz CT molecular complexity index is 493. The maximum atomic E-state index is 4.66. The fourth-order valence-electron chi connectivity index (χ4n) is 1.72. The van der Waals surface area contributed by atoms with Gasteiger partial charge in [-0.25, -0.2) is 4.63 Å². The Morgan fingerprint density at radius 1 is 1.29 bits per heavy atom. The molecule has 2 rings (SSSR count). The normalized spacial score (nSPS) is 12.6. The van der Waals surface area contributed by atoms with E-state index in [0.717, 1.165) is 11.4 Å². The molecular weight excluding hydrogens is 214 g/mol. The first-order chi connectivity index (χ1) is 8.16. The van der Waals surface area contributed by atoms with Gasteiger partial charge in [0.05, 0.1) is 0 Å². The van der Waals surface area contributed by atoms with Gasteiger partial charge in [0.2, 0.25) is 0 Å². The smallest absolute Gasteiger partial charge is 0.121 e. The molecule has 0 aliphatic carbocycles. The molecule has 1 aromatic heterocycles. The average molecular weight is 231 g/mol. The summed E-state index contributed by atoms with van der Waals surface area (Å²) in [6.07, 6.45) is 0. The van der Waals surface area contributed by atoms with E-state index >= 15 is 0 Å². The van der Waals surface area contributed by atoms with E-state index < -0.39 is 0 Å². The Labute approximate surface area is 101 Å². The number of hydrogen-bond donors (Lipinski definition) is 1. The molecule has 0 fully saturated rings. The predicted octanol–water partition coefficient (Wildman–Crippen LogP) is 2.54. The topological polar surface area (TPSA) is 51.0 Å². The zero-order valence-corrected chi connectivity index (χ0v) is 10.4. The van der Waals surface area contributed by atoms with Crippen molar-refractivity contribution in [2.24, 2.45) is 0 Å². The van der Waals surface area contributed by atoms with Crippen LogP contribution in [0.1, 0.15) is 35.5 Å². The summed E-state index contributed by atoms with van der Waals surface area (Å²) in [5.74, 6) is 0. The van der Waals surface area contributed by atoms with Crippen molar-refractivity contribution in [3.8, 4) is 0 Å². The highest BCUT2D eigenvalue weighted by Crippen LogP contribution is 2.14. The molecule has 0 saturated carbocycles. The van der Waals surface area contributed by atoms with E-state index in [0.29, 0.717) is 6.54 Å². The summed E-state index contributed by atoms with van der Waals surface area (Å²) in [6.45, 7) is 6.80. The van der Waals surface area contributed by atoms with Gasteiger partial charge in [0.1, 0.15) is 11.4 Å². The van der Waals surface area contributed by atoms with Gasteiger partial charge in [-0.1, -0.05) is 40.1 Å². The highest BCUT2D eigenvalue weighted by atomic mass is 16.6. The molecule has 0 bridgehead atoms.